The molecule has 3 heterocycles. The Labute approximate surface area is 147 Å². The van der Waals surface area contributed by atoms with Crippen molar-refractivity contribution in [2.45, 2.75) is 31.0 Å². The van der Waals surface area contributed by atoms with Crippen LogP contribution in [0.1, 0.15) is 16.0 Å². The first-order valence-corrected chi connectivity index (χ1v) is 9.01. The second-order valence-corrected chi connectivity index (χ2v) is 7.61. The first-order valence-electron chi connectivity index (χ1n) is 7.37. The third-order valence-electron chi connectivity index (χ3n) is 3.84. The number of benzene rings is 1. The number of aromatic nitrogens is 6. The van der Waals surface area contributed by atoms with E-state index >= 15 is 0 Å². The molecule has 0 bridgehead atoms. The molecular formula is C16H14N6S2. The van der Waals surface area contributed by atoms with Crippen LogP contribution in [-0.4, -0.2) is 30.2 Å². The average molecular weight is 354 g/mol. The first-order chi connectivity index (χ1) is 11.6. The van der Waals surface area contributed by atoms with Gasteiger partial charge in [0, 0.05) is 10.3 Å². The lowest BCUT2D eigenvalue weighted by atomic mass is 10.2. The molecule has 8 heteroatoms. The van der Waals surface area contributed by atoms with Crippen LogP contribution in [0, 0.1) is 20.8 Å². The Kier molecular flexibility index (Phi) is 3.78. The minimum atomic E-state index is 0.683. The van der Waals surface area contributed by atoms with Crippen LogP contribution < -0.4 is 0 Å². The number of thiophene rings is 1. The lowest BCUT2D eigenvalue weighted by molar-refractivity contribution is 0.756. The van der Waals surface area contributed by atoms with Gasteiger partial charge in [0.05, 0.1) is 5.69 Å². The van der Waals surface area contributed by atoms with Crippen molar-refractivity contribution in [2.75, 3.05) is 0 Å². The zero-order chi connectivity index (χ0) is 16.7. The van der Waals surface area contributed by atoms with Gasteiger partial charge in [0.2, 0.25) is 5.16 Å². The summed E-state index contributed by atoms with van der Waals surface area (Å²) in [4.78, 5) is 11.1. The van der Waals surface area contributed by atoms with Gasteiger partial charge in [-0.25, -0.2) is 9.97 Å². The first kappa shape index (κ1) is 15.2. The Bertz CT molecular complexity index is 1020. The minimum Gasteiger partial charge on any atom is -0.229 e. The molecule has 0 radical (unpaired) electrons. The summed E-state index contributed by atoms with van der Waals surface area (Å²) in [5, 5.41) is 14.8. The predicted octanol–water partition coefficient (Wildman–Crippen LogP) is 3.74. The highest BCUT2D eigenvalue weighted by Crippen LogP contribution is 2.36. The van der Waals surface area contributed by atoms with Gasteiger partial charge >= 0.3 is 0 Å². The summed E-state index contributed by atoms with van der Waals surface area (Å²) >= 11 is 3.14. The van der Waals surface area contributed by atoms with Crippen LogP contribution in [0.4, 0.5) is 0 Å². The van der Waals surface area contributed by atoms with Crippen molar-refractivity contribution in [2.24, 2.45) is 0 Å². The standard InChI is InChI=1S/C16H14N6S2/c1-9-4-6-12(7-5-9)22-16(19-20-21-22)24-15-13-10(2)11(3)23-14(13)17-8-18-15/h4-8H,1-3H3. The van der Waals surface area contributed by atoms with Gasteiger partial charge in [-0.2, -0.15) is 4.68 Å². The molecule has 0 saturated carbocycles. The monoisotopic (exact) mass is 354 g/mol. The van der Waals surface area contributed by atoms with Gasteiger partial charge in [-0.3, -0.25) is 0 Å². The Morgan fingerprint density at radius 3 is 2.62 bits per heavy atom. The second-order valence-electron chi connectivity index (χ2n) is 5.45. The molecular weight excluding hydrogens is 340 g/mol. The molecule has 0 fully saturated rings. The molecule has 1 aromatic carbocycles. The van der Waals surface area contributed by atoms with Crippen LogP contribution in [0.2, 0.25) is 0 Å². The highest BCUT2D eigenvalue weighted by molar-refractivity contribution is 7.99. The minimum absolute atomic E-state index is 0.683. The van der Waals surface area contributed by atoms with Crippen molar-refractivity contribution in [3.05, 3.63) is 46.6 Å². The van der Waals surface area contributed by atoms with E-state index in [0.717, 1.165) is 20.9 Å². The van der Waals surface area contributed by atoms with Crippen LogP contribution in [-0.2, 0) is 0 Å². The maximum absolute atomic E-state index is 4.45. The van der Waals surface area contributed by atoms with E-state index in [1.165, 1.54) is 27.8 Å². The van der Waals surface area contributed by atoms with Crippen molar-refractivity contribution >= 4 is 33.3 Å². The van der Waals surface area contributed by atoms with Crippen LogP contribution in [0.5, 0.6) is 0 Å². The Hall–Kier alpha value is -2.32. The third kappa shape index (κ3) is 2.57. The van der Waals surface area contributed by atoms with Gasteiger partial charge in [0.1, 0.15) is 16.2 Å². The Balaban J connectivity index is 1.78. The van der Waals surface area contributed by atoms with E-state index in [4.69, 9.17) is 0 Å². The van der Waals surface area contributed by atoms with Crippen LogP contribution in [0.25, 0.3) is 15.9 Å². The molecule has 3 aromatic heterocycles. The fourth-order valence-electron chi connectivity index (χ4n) is 2.40. The molecule has 0 aliphatic heterocycles. The van der Waals surface area contributed by atoms with E-state index < -0.39 is 0 Å². The molecule has 0 N–H and O–H groups in total. The van der Waals surface area contributed by atoms with Crippen molar-refractivity contribution in [3.63, 3.8) is 0 Å². The van der Waals surface area contributed by atoms with Crippen LogP contribution in [0.15, 0.2) is 40.8 Å². The van der Waals surface area contributed by atoms with E-state index in [0.29, 0.717) is 5.16 Å². The smallest absolute Gasteiger partial charge is 0.220 e. The molecule has 0 amide bonds. The molecule has 24 heavy (non-hydrogen) atoms. The van der Waals surface area contributed by atoms with Gasteiger partial charge in [-0.1, -0.05) is 17.7 Å². The molecule has 4 aromatic rings. The highest BCUT2D eigenvalue weighted by atomic mass is 32.2. The molecule has 6 nitrogen and oxygen atoms in total. The average Bonchev–Trinajstić information content (AvgIpc) is 3.14. The second kappa shape index (κ2) is 5.95. The van der Waals surface area contributed by atoms with E-state index in [-0.39, 0.29) is 0 Å². The molecule has 120 valence electrons. The molecule has 0 aliphatic rings. The molecule has 4 rings (SSSR count). The van der Waals surface area contributed by atoms with Crippen molar-refractivity contribution in [1.82, 2.24) is 30.2 Å². The lowest BCUT2D eigenvalue weighted by Crippen LogP contribution is -1.99. The number of hydrogen-bond donors (Lipinski definition) is 0. The van der Waals surface area contributed by atoms with Crippen molar-refractivity contribution in [1.29, 1.82) is 0 Å². The number of fused-ring (bicyclic) bond motifs is 1. The number of tetrazole rings is 1. The molecule has 0 saturated heterocycles. The molecule has 0 unspecified atom stereocenters. The van der Waals surface area contributed by atoms with Crippen LogP contribution >= 0.6 is 23.1 Å². The van der Waals surface area contributed by atoms with Crippen molar-refractivity contribution < 1.29 is 0 Å². The fraction of sp³-hybridized carbons (Fsp3) is 0.188. The lowest BCUT2D eigenvalue weighted by Gasteiger charge is -2.05. The summed E-state index contributed by atoms with van der Waals surface area (Å²) in [7, 11) is 0. The van der Waals surface area contributed by atoms with Gasteiger partial charge < -0.3 is 0 Å². The van der Waals surface area contributed by atoms with Gasteiger partial charge in [-0.15, -0.1) is 16.4 Å². The molecule has 0 spiro atoms. The summed E-state index contributed by atoms with van der Waals surface area (Å²) < 4.78 is 1.73. The quantitative estimate of drug-likeness (QED) is 0.522. The Morgan fingerprint density at radius 2 is 1.83 bits per heavy atom. The summed E-state index contributed by atoms with van der Waals surface area (Å²) in [6.45, 7) is 6.26. The summed E-state index contributed by atoms with van der Waals surface area (Å²) in [6.07, 6.45) is 1.60. The van der Waals surface area contributed by atoms with Gasteiger partial charge in [0.25, 0.3) is 0 Å². The fourth-order valence-corrected chi connectivity index (χ4v) is 4.40. The number of nitrogens with zero attached hydrogens (tertiary/aromatic N) is 6. The zero-order valence-corrected chi connectivity index (χ0v) is 15.0. The van der Waals surface area contributed by atoms with E-state index in [2.05, 4.69) is 46.3 Å². The normalized spacial score (nSPS) is 11.3. The summed E-state index contributed by atoms with van der Waals surface area (Å²) in [5.74, 6) is 0. The molecule has 0 atom stereocenters. The molecule has 0 aliphatic carbocycles. The summed E-state index contributed by atoms with van der Waals surface area (Å²) in [6, 6.07) is 8.10. The number of hydrogen-bond acceptors (Lipinski definition) is 7. The van der Waals surface area contributed by atoms with Gasteiger partial charge in [-0.05, 0) is 60.7 Å². The SMILES string of the molecule is Cc1ccc(-n2nnnc2Sc2ncnc3sc(C)c(C)c23)cc1. The number of rotatable bonds is 3. The predicted molar refractivity (Wildman–Crippen MR) is 94.9 cm³/mol. The van der Waals surface area contributed by atoms with Crippen LogP contribution in [0.3, 0.4) is 0 Å². The number of aryl methyl sites for hydroxylation is 3. The van der Waals surface area contributed by atoms with Gasteiger partial charge in [0.15, 0.2) is 0 Å². The topological polar surface area (TPSA) is 69.4 Å². The summed E-state index contributed by atoms with van der Waals surface area (Å²) in [5.41, 5.74) is 3.34. The van der Waals surface area contributed by atoms with E-state index in [1.54, 1.807) is 22.3 Å². The van der Waals surface area contributed by atoms with Crippen molar-refractivity contribution in [3.8, 4) is 5.69 Å². The maximum Gasteiger partial charge on any atom is 0.220 e. The Morgan fingerprint density at radius 1 is 1.04 bits per heavy atom. The van der Waals surface area contributed by atoms with E-state index in [9.17, 15) is 0 Å². The van der Waals surface area contributed by atoms with E-state index in [1.807, 2.05) is 24.3 Å². The third-order valence-corrected chi connectivity index (χ3v) is 5.89. The maximum atomic E-state index is 4.45. The highest BCUT2D eigenvalue weighted by Gasteiger charge is 2.17. The largest absolute Gasteiger partial charge is 0.229 e. The zero-order valence-electron chi connectivity index (χ0n) is 13.4.